The van der Waals surface area contributed by atoms with E-state index in [2.05, 4.69) is 0 Å². The lowest BCUT2D eigenvalue weighted by Crippen LogP contribution is -3.24. The van der Waals surface area contributed by atoms with E-state index in [1.165, 1.54) is 12.6 Å². The highest BCUT2D eigenvalue weighted by Crippen LogP contribution is 2.39. The van der Waals surface area contributed by atoms with E-state index in [9.17, 15) is 9.50 Å². The summed E-state index contributed by atoms with van der Waals surface area (Å²) in [5.41, 5.74) is -0.480. The van der Waals surface area contributed by atoms with Crippen molar-refractivity contribution in [3.05, 3.63) is 35.6 Å². The highest BCUT2D eigenvalue weighted by molar-refractivity contribution is 5.25. The number of quaternary nitrogens is 2. The lowest BCUT2D eigenvalue weighted by molar-refractivity contribution is -0.984. The maximum absolute atomic E-state index is 14.2. The molecule has 3 N–H and O–H groups in total. The predicted molar refractivity (Wildman–Crippen MR) is 88.6 cm³/mol. The normalized spacial score (nSPS) is 36.8. The summed E-state index contributed by atoms with van der Waals surface area (Å²) >= 11 is 0. The van der Waals surface area contributed by atoms with Crippen molar-refractivity contribution < 1.29 is 24.0 Å². The number of fused-ring (bicyclic) bond motifs is 2. The first-order chi connectivity index (χ1) is 11.7. The van der Waals surface area contributed by atoms with Crippen molar-refractivity contribution in [2.45, 2.75) is 43.4 Å². The van der Waals surface area contributed by atoms with Crippen LogP contribution < -0.4 is 9.80 Å². The van der Waals surface area contributed by atoms with Gasteiger partial charge in [0, 0.05) is 31.2 Å². The van der Waals surface area contributed by atoms with Crippen LogP contribution >= 0.6 is 0 Å². The van der Waals surface area contributed by atoms with Gasteiger partial charge in [-0.1, -0.05) is 18.2 Å². The number of piperidine rings is 1. The van der Waals surface area contributed by atoms with Crippen LogP contribution in [-0.2, 0) is 10.3 Å². The van der Waals surface area contributed by atoms with Crippen LogP contribution in [0.2, 0.25) is 0 Å². The molecule has 0 radical (unpaired) electrons. The molecule has 24 heavy (non-hydrogen) atoms. The fraction of sp³-hybridized carbons (Fsp3) is 0.684. The minimum atomic E-state index is -0.980. The van der Waals surface area contributed by atoms with Gasteiger partial charge in [-0.25, -0.2) is 4.39 Å². The van der Waals surface area contributed by atoms with E-state index >= 15 is 0 Å². The summed E-state index contributed by atoms with van der Waals surface area (Å²) in [7, 11) is 0. The van der Waals surface area contributed by atoms with Crippen LogP contribution in [-0.4, -0.2) is 56.6 Å². The van der Waals surface area contributed by atoms with E-state index in [1.807, 2.05) is 6.07 Å². The zero-order valence-electron chi connectivity index (χ0n) is 14.3. The Balaban J connectivity index is 1.42. The molecule has 3 saturated heterocycles. The first-order valence-corrected chi connectivity index (χ1v) is 9.40. The number of aliphatic hydroxyl groups is 1. The molecule has 4 rings (SSSR count). The standard InChI is InChI=1S/C19H27FN2O2/c20-18-4-2-1-3-17(18)19(23)13-15-5-6-16(14-19)22(15)8-7-21-9-11-24-12-10-21/h1-4,15-16,23H,5-14H2/p+2/t15-,16+,19?. The molecule has 3 heterocycles. The van der Waals surface area contributed by atoms with Crippen LogP contribution in [0.1, 0.15) is 31.2 Å². The van der Waals surface area contributed by atoms with Gasteiger partial charge in [0.1, 0.15) is 37.6 Å². The van der Waals surface area contributed by atoms with Gasteiger partial charge in [-0.15, -0.1) is 0 Å². The Hall–Kier alpha value is -1.01. The summed E-state index contributed by atoms with van der Waals surface area (Å²) in [4.78, 5) is 3.29. The fourth-order valence-electron chi connectivity index (χ4n) is 5.17. The minimum Gasteiger partial charge on any atom is -0.385 e. The van der Waals surface area contributed by atoms with Crippen LogP contribution in [0.5, 0.6) is 0 Å². The van der Waals surface area contributed by atoms with Crippen LogP contribution in [0.25, 0.3) is 0 Å². The Labute approximate surface area is 143 Å². The van der Waals surface area contributed by atoms with Crippen molar-refractivity contribution in [2.75, 3.05) is 39.4 Å². The number of nitrogens with one attached hydrogen (secondary N) is 2. The fourth-order valence-corrected chi connectivity index (χ4v) is 5.17. The van der Waals surface area contributed by atoms with Crippen molar-refractivity contribution >= 4 is 0 Å². The van der Waals surface area contributed by atoms with Gasteiger partial charge in [-0.3, -0.25) is 0 Å². The van der Waals surface area contributed by atoms with Crippen molar-refractivity contribution in [1.29, 1.82) is 0 Å². The highest BCUT2D eigenvalue weighted by atomic mass is 19.1. The van der Waals surface area contributed by atoms with Gasteiger partial charge in [0.15, 0.2) is 0 Å². The SMILES string of the molecule is OC1(c2ccccc2F)C[C@H]2CC[C@@H](C1)[NH+]2CC[NH+]1CCOCC1. The molecule has 0 aromatic heterocycles. The van der Waals surface area contributed by atoms with Gasteiger partial charge in [0.2, 0.25) is 0 Å². The second-order valence-corrected chi connectivity index (χ2v) is 7.83. The smallest absolute Gasteiger partial charge is 0.129 e. The molecule has 2 unspecified atom stereocenters. The molecule has 0 aliphatic carbocycles. The van der Waals surface area contributed by atoms with E-state index in [1.54, 1.807) is 21.9 Å². The summed E-state index contributed by atoms with van der Waals surface area (Å²) in [5, 5.41) is 11.2. The monoisotopic (exact) mass is 336 g/mol. The molecule has 0 amide bonds. The number of hydrogen-bond donors (Lipinski definition) is 3. The van der Waals surface area contributed by atoms with Gasteiger partial charge in [-0.05, 0) is 6.07 Å². The average molecular weight is 336 g/mol. The number of morpholine rings is 1. The second kappa shape index (κ2) is 6.71. The molecular formula is C19H29FN2O2+2. The van der Waals surface area contributed by atoms with E-state index in [-0.39, 0.29) is 5.82 Å². The molecule has 3 aliphatic heterocycles. The van der Waals surface area contributed by atoms with Crippen molar-refractivity contribution in [3.8, 4) is 0 Å². The average Bonchev–Trinajstić information content (AvgIpc) is 2.85. The van der Waals surface area contributed by atoms with E-state index in [0.717, 1.165) is 45.7 Å². The Morgan fingerprint density at radius 1 is 1.08 bits per heavy atom. The molecule has 4 atom stereocenters. The third kappa shape index (κ3) is 3.10. The molecule has 1 aromatic carbocycles. The largest absolute Gasteiger partial charge is 0.385 e. The van der Waals surface area contributed by atoms with Crippen molar-refractivity contribution in [2.24, 2.45) is 0 Å². The maximum atomic E-state index is 14.2. The molecule has 1 aromatic rings. The van der Waals surface area contributed by atoms with Crippen LogP contribution in [0, 0.1) is 5.82 Å². The number of benzene rings is 1. The number of halogens is 1. The Bertz CT molecular complexity index is 562. The lowest BCUT2D eigenvalue weighted by atomic mass is 9.80. The summed E-state index contributed by atoms with van der Waals surface area (Å²) in [6.45, 7) is 6.33. The Morgan fingerprint density at radius 3 is 2.42 bits per heavy atom. The van der Waals surface area contributed by atoms with Gasteiger partial charge >= 0.3 is 0 Å². The van der Waals surface area contributed by atoms with Crippen molar-refractivity contribution in [3.63, 3.8) is 0 Å². The summed E-state index contributed by atoms with van der Waals surface area (Å²) < 4.78 is 19.6. The second-order valence-electron chi connectivity index (χ2n) is 7.83. The van der Waals surface area contributed by atoms with E-state index < -0.39 is 5.60 Å². The zero-order chi connectivity index (χ0) is 16.6. The Kier molecular flexibility index (Phi) is 4.60. The van der Waals surface area contributed by atoms with E-state index in [0.29, 0.717) is 30.5 Å². The summed E-state index contributed by atoms with van der Waals surface area (Å²) in [6, 6.07) is 7.69. The third-order valence-corrected chi connectivity index (χ3v) is 6.42. The summed E-state index contributed by atoms with van der Waals surface area (Å²) in [6.07, 6.45) is 3.71. The minimum absolute atomic E-state index is 0.263. The first kappa shape index (κ1) is 16.5. The highest BCUT2D eigenvalue weighted by Gasteiger charge is 2.52. The molecule has 0 spiro atoms. The molecule has 3 fully saturated rings. The third-order valence-electron chi connectivity index (χ3n) is 6.42. The molecule has 4 nitrogen and oxygen atoms in total. The Morgan fingerprint density at radius 2 is 1.75 bits per heavy atom. The number of ether oxygens (including phenoxy) is 1. The zero-order valence-corrected chi connectivity index (χ0v) is 14.3. The van der Waals surface area contributed by atoms with Crippen LogP contribution in [0.4, 0.5) is 4.39 Å². The molecule has 3 aliphatic rings. The summed E-state index contributed by atoms with van der Waals surface area (Å²) in [5.74, 6) is -0.263. The topological polar surface area (TPSA) is 38.3 Å². The van der Waals surface area contributed by atoms with Crippen LogP contribution in [0.3, 0.4) is 0 Å². The van der Waals surface area contributed by atoms with Gasteiger partial charge in [0.25, 0.3) is 0 Å². The van der Waals surface area contributed by atoms with Gasteiger partial charge in [-0.2, -0.15) is 0 Å². The lowest BCUT2D eigenvalue weighted by Gasteiger charge is -2.42. The molecule has 132 valence electrons. The molecular weight excluding hydrogens is 307 g/mol. The van der Waals surface area contributed by atoms with E-state index in [4.69, 9.17) is 4.74 Å². The van der Waals surface area contributed by atoms with Gasteiger partial charge in [0.05, 0.1) is 25.3 Å². The molecule has 2 bridgehead atoms. The number of rotatable bonds is 4. The quantitative estimate of drug-likeness (QED) is 0.669. The van der Waals surface area contributed by atoms with Crippen LogP contribution in [0.15, 0.2) is 24.3 Å². The predicted octanol–water partition coefficient (Wildman–Crippen LogP) is -0.862. The molecule has 5 heteroatoms. The first-order valence-electron chi connectivity index (χ1n) is 9.40. The van der Waals surface area contributed by atoms with Crippen molar-refractivity contribution in [1.82, 2.24) is 0 Å². The molecule has 0 saturated carbocycles. The maximum Gasteiger partial charge on any atom is 0.129 e. The van der Waals surface area contributed by atoms with Gasteiger partial charge < -0.3 is 19.6 Å². The number of hydrogen-bond acceptors (Lipinski definition) is 2.